The first-order chi connectivity index (χ1) is 13.9. The standard InChI is InChI=1S/C25H24N2O/c28-19-18-26(20-21-10-2-1-3-11-21)16-8-9-17-27-24-14-6-4-12-22(24)23-13-5-7-15-25(23)27/h1-7,10-15,28H,16-20H2. The third-order valence-electron chi connectivity index (χ3n) is 5.01. The van der Waals surface area contributed by atoms with Crippen LogP contribution >= 0.6 is 0 Å². The van der Waals surface area contributed by atoms with Crippen LogP contribution in [0.3, 0.4) is 0 Å². The molecule has 1 N–H and O–H groups in total. The number of para-hydroxylation sites is 2. The zero-order valence-electron chi connectivity index (χ0n) is 15.9. The van der Waals surface area contributed by atoms with Crippen molar-refractivity contribution in [3.8, 4) is 11.8 Å². The SMILES string of the molecule is OCCN(CC#CCn1c2ccccc2c2ccccc21)Cc1ccccc1. The minimum Gasteiger partial charge on any atom is -0.395 e. The third kappa shape index (κ3) is 3.94. The molecule has 0 unspecified atom stereocenters. The quantitative estimate of drug-likeness (QED) is 0.514. The van der Waals surface area contributed by atoms with E-state index in [1.165, 1.54) is 27.4 Å². The molecule has 0 fully saturated rings. The predicted octanol–water partition coefficient (Wildman–Crippen LogP) is 4.29. The summed E-state index contributed by atoms with van der Waals surface area (Å²) in [6.45, 7) is 2.87. The van der Waals surface area contributed by atoms with E-state index in [2.05, 4.69) is 82.0 Å². The maximum absolute atomic E-state index is 9.36. The number of hydrogen-bond acceptors (Lipinski definition) is 2. The first-order valence-electron chi connectivity index (χ1n) is 9.65. The van der Waals surface area contributed by atoms with Crippen molar-refractivity contribution in [2.45, 2.75) is 13.1 Å². The van der Waals surface area contributed by atoms with Gasteiger partial charge in [-0.25, -0.2) is 0 Å². The van der Waals surface area contributed by atoms with Gasteiger partial charge in [0, 0.05) is 34.9 Å². The van der Waals surface area contributed by atoms with E-state index >= 15 is 0 Å². The molecule has 4 aromatic rings. The second kappa shape index (κ2) is 8.75. The lowest BCUT2D eigenvalue weighted by Gasteiger charge is -2.18. The molecule has 0 aliphatic rings. The highest BCUT2D eigenvalue weighted by atomic mass is 16.3. The molecular weight excluding hydrogens is 344 g/mol. The summed E-state index contributed by atoms with van der Waals surface area (Å²) in [7, 11) is 0. The Kier molecular flexibility index (Phi) is 5.72. The van der Waals surface area contributed by atoms with Crippen LogP contribution in [0.4, 0.5) is 0 Å². The molecule has 0 radical (unpaired) electrons. The smallest absolute Gasteiger partial charge is 0.0844 e. The van der Waals surface area contributed by atoms with Crippen LogP contribution in [0.5, 0.6) is 0 Å². The zero-order chi connectivity index (χ0) is 19.2. The molecule has 1 heterocycles. The molecule has 3 heteroatoms. The maximum atomic E-state index is 9.36. The minimum absolute atomic E-state index is 0.140. The number of hydrogen-bond donors (Lipinski definition) is 1. The molecule has 0 saturated heterocycles. The van der Waals surface area contributed by atoms with Crippen molar-refractivity contribution in [2.75, 3.05) is 19.7 Å². The van der Waals surface area contributed by atoms with Gasteiger partial charge >= 0.3 is 0 Å². The lowest BCUT2D eigenvalue weighted by atomic mass is 10.2. The van der Waals surface area contributed by atoms with Crippen molar-refractivity contribution in [3.63, 3.8) is 0 Å². The number of benzene rings is 3. The summed E-state index contributed by atoms with van der Waals surface area (Å²) in [5.74, 6) is 6.64. The molecular formula is C25H24N2O. The lowest BCUT2D eigenvalue weighted by Crippen LogP contribution is -2.26. The molecule has 0 bridgehead atoms. The topological polar surface area (TPSA) is 28.4 Å². The van der Waals surface area contributed by atoms with E-state index in [-0.39, 0.29) is 6.61 Å². The number of aromatic nitrogens is 1. The van der Waals surface area contributed by atoms with Gasteiger partial charge in [-0.2, -0.15) is 0 Å². The summed E-state index contributed by atoms with van der Waals surface area (Å²) in [5.41, 5.74) is 3.67. The fraction of sp³-hybridized carbons (Fsp3) is 0.200. The van der Waals surface area contributed by atoms with Gasteiger partial charge in [-0.05, 0) is 17.7 Å². The molecule has 0 saturated carbocycles. The molecule has 0 aliphatic carbocycles. The second-order valence-electron chi connectivity index (χ2n) is 6.89. The van der Waals surface area contributed by atoms with E-state index < -0.39 is 0 Å². The van der Waals surface area contributed by atoms with E-state index in [0.29, 0.717) is 19.6 Å². The number of fused-ring (bicyclic) bond motifs is 3. The van der Waals surface area contributed by atoms with Crippen LogP contribution in [0.15, 0.2) is 78.9 Å². The van der Waals surface area contributed by atoms with Crippen LogP contribution in [0.1, 0.15) is 5.56 Å². The van der Waals surface area contributed by atoms with E-state index in [1.807, 2.05) is 18.2 Å². The van der Waals surface area contributed by atoms with Crippen LogP contribution in [0, 0.1) is 11.8 Å². The summed E-state index contributed by atoms with van der Waals surface area (Å²) in [4.78, 5) is 2.17. The molecule has 4 rings (SSSR count). The van der Waals surface area contributed by atoms with E-state index in [4.69, 9.17) is 0 Å². The van der Waals surface area contributed by atoms with Crippen molar-refractivity contribution in [1.29, 1.82) is 0 Å². The van der Waals surface area contributed by atoms with E-state index in [0.717, 1.165) is 6.54 Å². The molecule has 3 nitrogen and oxygen atoms in total. The summed E-state index contributed by atoms with van der Waals surface area (Å²) < 4.78 is 2.28. The van der Waals surface area contributed by atoms with Crippen molar-refractivity contribution in [3.05, 3.63) is 84.4 Å². The normalized spacial score (nSPS) is 11.1. The van der Waals surface area contributed by atoms with Gasteiger partial charge in [0.05, 0.1) is 19.7 Å². The number of aliphatic hydroxyl groups is 1. The number of rotatable bonds is 6. The van der Waals surface area contributed by atoms with Gasteiger partial charge in [0.25, 0.3) is 0 Å². The Bertz CT molecular complexity index is 1070. The van der Waals surface area contributed by atoms with Gasteiger partial charge in [-0.3, -0.25) is 4.90 Å². The molecule has 140 valence electrons. The number of aliphatic hydroxyl groups excluding tert-OH is 1. The summed E-state index contributed by atoms with van der Waals surface area (Å²) in [6, 6.07) is 27.3. The fourth-order valence-electron chi connectivity index (χ4n) is 3.67. The second-order valence-corrected chi connectivity index (χ2v) is 6.89. The number of nitrogens with zero attached hydrogens (tertiary/aromatic N) is 2. The minimum atomic E-state index is 0.140. The van der Waals surface area contributed by atoms with Crippen LogP contribution in [0.2, 0.25) is 0 Å². The summed E-state index contributed by atoms with van der Waals surface area (Å²) in [6.07, 6.45) is 0. The first kappa shape index (κ1) is 18.3. The van der Waals surface area contributed by atoms with Gasteiger partial charge < -0.3 is 9.67 Å². The van der Waals surface area contributed by atoms with Gasteiger partial charge in [-0.1, -0.05) is 78.6 Å². The maximum Gasteiger partial charge on any atom is 0.0844 e. The monoisotopic (exact) mass is 368 g/mol. The molecule has 0 spiro atoms. The zero-order valence-corrected chi connectivity index (χ0v) is 15.9. The Labute approximate surface area is 165 Å². The molecule has 3 aromatic carbocycles. The fourth-order valence-corrected chi connectivity index (χ4v) is 3.67. The average molecular weight is 368 g/mol. The Morgan fingerprint density at radius 3 is 2.00 bits per heavy atom. The van der Waals surface area contributed by atoms with Crippen molar-refractivity contribution in [1.82, 2.24) is 9.47 Å². The Morgan fingerprint density at radius 2 is 1.36 bits per heavy atom. The largest absolute Gasteiger partial charge is 0.395 e. The highest BCUT2D eigenvalue weighted by molar-refractivity contribution is 6.08. The third-order valence-corrected chi connectivity index (χ3v) is 5.01. The van der Waals surface area contributed by atoms with E-state index in [1.54, 1.807) is 0 Å². The first-order valence-corrected chi connectivity index (χ1v) is 9.65. The van der Waals surface area contributed by atoms with Gasteiger partial charge in [0.15, 0.2) is 0 Å². The van der Waals surface area contributed by atoms with Crippen molar-refractivity contribution >= 4 is 21.8 Å². The van der Waals surface area contributed by atoms with Crippen molar-refractivity contribution < 1.29 is 5.11 Å². The highest BCUT2D eigenvalue weighted by Crippen LogP contribution is 2.28. The Balaban J connectivity index is 1.52. The molecule has 0 atom stereocenters. The van der Waals surface area contributed by atoms with E-state index in [9.17, 15) is 5.11 Å². The Morgan fingerprint density at radius 1 is 0.750 bits per heavy atom. The summed E-state index contributed by atoms with van der Waals surface area (Å²) >= 11 is 0. The van der Waals surface area contributed by atoms with Crippen LogP contribution in [-0.2, 0) is 13.1 Å². The molecule has 1 aromatic heterocycles. The Hall–Kier alpha value is -3.06. The lowest BCUT2D eigenvalue weighted by molar-refractivity contribution is 0.205. The van der Waals surface area contributed by atoms with Gasteiger partial charge in [0.1, 0.15) is 0 Å². The molecule has 0 aliphatic heterocycles. The molecule has 0 amide bonds. The van der Waals surface area contributed by atoms with Gasteiger partial charge in [0.2, 0.25) is 0 Å². The van der Waals surface area contributed by atoms with Crippen LogP contribution < -0.4 is 0 Å². The predicted molar refractivity (Wildman–Crippen MR) is 116 cm³/mol. The summed E-state index contributed by atoms with van der Waals surface area (Å²) in [5, 5.41) is 11.9. The average Bonchev–Trinajstić information content (AvgIpc) is 3.06. The van der Waals surface area contributed by atoms with Crippen LogP contribution in [-0.4, -0.2) is 34.3 Å². The van der Waals surface area contributed by atoms with Gasteiger partial charge in [-0.15, -0.1) is 0 Å². The molecule has 28 heavy (non-hydrogen) atoms. The highest BCUT2D eigenvalue weighted by Gasteiger charge is 2.08. The van der Waals surface area contributed by atoms with Crippen molar-refractivity contribution in [2.24, 2.45) is 0 Å². The van der Waals surface area contributed by atoms with Crippen LogP contribution in [0.25, 0.3) is 21.8 Å².